The molecule has 6 nitrogen and oxygen atoms in total. The molecule has 102 valence electrons. The molecule has 0 aliphatic heterocycles. The maximum absolute atomic E-state index is 11.4. The number of pyridine rings is 1. The van der Waals surface area contributed by atoms with E-state index in [0.717, 1.165) is 16.3 Å². The lowest BCUT2D eigenvalue weighted by atomic mass is 10.1. The summed E-state index contributed by atoms with van der Waals surface area (Å²) in [5.74, 6) is -0.497. The Labute approximate surface area is 114 Å². The number of carbonyl (C=O) groups is 1. The molecule has 0 fully saturated rings. The molecule has 1 amide bonds. The molecule has 20 heavy (non-hydrogen) atoms. The molecule has 0 radical (unpaired) electrons. The number of anilines is 1. The van der Waals surface area contributed by atoms with Gasteiger partial charge in [0.2, 0.25) is 0 Å². The largest absolute Gasteiger partial charge is 0.395 e. The third kappa shape index (κ3) is 1.70. The third-order valence-electron chi connectivity index (χ3n) is 3.36. The fourth-order valence-electron chi connectivity index (χ4n) is 2.50. The maximum Gasteiger partial charge on any atom is 0.252 e. The van der Waals surface area contributed by atoms with Crippen LogP contribution in [0, 0.1) is 0 Å². The summed E-state index contributed by atoms with van der Waals surface area (Å²) in [5.41, 5.74) is 12.9. The highest BCUT2D eigenvalue weighted by molar-refractivity contribution is 6.10. The Hall–Kier alpha value is -2.60. The summed E-state index contributed by atoms with van der Waals surface area (Å²) in [5, 5.41) is 11.0. The van der Waals surface area contributed by atoms with Crippen molar-refractivity contribution < 1.29 is 9.90 Å². The Morgan fingerprint density at radius 2 is 2.05 bits per heavy atom. The number of carbonyl (C=O) groups excluding carboxylic acids is 1. The average Bonchev–Trinajstić information content (AvgIpc) is 2.72. The van der Waals surface area contributed by atoms with Crippen molar-refractivity contribution in [2.75, 3.05) is 12.3 Å². The second-order valence-electron chi connectivity index (χ2n) is 4.55. The van der Waals surface area contributed by atoms with Crippen LogP contribution >= 0.6 is 0 Å². The van der Waals surface area contributed by atoms with Gasteiger partial charge < -0.3 is 21.1 Å². The van der Waals surface area contributed by atoms with Crippen molar-refractivity contribution in [3.8, 4) is 0 Å². The van der Waals surface area contributed by atoms with E-state index in [1.807, 2.05) is 28.8 Å². The van der Waals surface area contributed by atoms with Gasteiger partial charge in [-0.3, -0.25) is 4.79 Å². The zero-order valence-electron chi connectivity index (χ0n) is 10.7. The number of rotatable bonds is 3. The number of fused-ring (bicyclic) bond motifs is 3. The van der Waals surface area contributed by atoms with Gasteiger partial charge in [-0.05, 0) is 12.1 Å². The van der Waals surface area contributed by atoms with Crippen molar-refractivity contribution in [1.29, 1.82) is 0 Å². The Morgan fingerprint density at radius 1 is 1.30 bits per heavy atom. The number of primary amides is 1. The van der Waals surface area contributed by atoms with Gasteiger partial charge in [-0.15, -0.1) is 0 Å². The van der Waals surface area contributed by atoms with Gasteiger partial charge in [0, 0.05) is 17.3 Å². The van der Waals surface area contributed by atoms with Gasteiger partial charge in [0.05, 0.1) is 17.7 Å². The molecule has 6 heteroatoms. The van der Waals surface area contributed by atoms with Crippen LogP contribution in [0.4, 0.5) is 5.82 Å². The molecule has 1 aromatic carbocycles. The van der Waals surface area contributed by atoms with E-state index < -0.39 is 5.91 Å². The Balaban J connectivity index is 2.46. The number of aliphatic hydroxyl groups excluding tert-OH is 1. The number of amides is 1. The molecule has 2 heterocycles. The monoisotopic (exact) mass is 270 g/mol. The molecule has 3 rings (SSSR count). The first-order chi connectivity index (χ1) is 9.63. The number of hydrogen-bond donors (Lipinski definition) is 3. The number of aliphatic hydroxyl groups is 1. The SMILES string of the molecule is NC(=O)c1cc2c3ccccc3n(CCO)c2nc1N. The molecule has 0 atom stereocenters. The van der Waals surface area contributed by atoms with Crippen LogP contribution in [0.25, 0.3) is 21.9 Å². The van der Waals surface area contributed by atoms with Crippen molar-refractivity contribution >= 4 is 33.7 Å². The minimum atomic E-state index is -0.601. The fraction of sp³-hybridized carbons (Fsp3) is 0.143. The summed E-state index contributed by atoms with van der Waals surface area (Å²) in [4.78, 5) is 15.7. The molecule has 5 N–H and O–H groups in total. The van der Waals surface area contributed by atoms with E-state index in [4.69, 9.17) is 11.5 Å². The van der Waals surface area contributed by atoms with E-state index in [9.17, 15) is 9.90 Å². The molecule has 0 bridgehead atoms. The molecule has 3 aromatic rings. The van der Waals surface area contributed by atoms with Crippen LogP contribution in [0.15, 0.2) is 30.3 Å². The van der Waals surface area contributed by atoms with Crippen molar-refractivity contribution in [1.82, 2.24) is 9.55 Å². The fourth-order valence-corrected chi connectivity index (χ4v) is 2.50. The second kappa shape index (κ2) is 4.50. The number of para-hydroxylation sites is 1. The van der Waals surface area contributed by atoms with Crippen LogP contribution < -0.4 is 11.5 Å². The number of aromatic nitrogens is 2. The lowest BCUT2D eigenvalue weighted by molar-refractivity contribution is 0.100. The molecule has 0 saturated heterocycles. The summed E-state index contributed by atoms with van der Waals surface area (Å²) in [6.07, 6.45) is 0. The van der Waals surface area contributed by atoms with Gasteiger partial charge in [0.15, 0.2) is 0 Å². The lowest BCUT2D eigenvalue weighted by Crippen LogP contribution is -2.14. The van der Waals surface area contributed by atoms with Crippen LogP contribution in [-0.4, -0.2) is 27.2 Å². The second-order valence-corrected chi connectivity index (χ2v) is 4.55. The number of hydrogen-bond acceptors (Lipinski definition) is 4. The number of nitrogen functional groups attached to an aromatic ring is 1. The van der Waals surface area contributed by atoms with Crippen LogP contribution in [0.1, 0.15) is 10.4 Å². The molecular formula is C14H14N4O2. The lowest BCUT2D eigenvalue weighted by Gasteiger charge is -2.05. The van der Waals surface area contributed by atoms with Gasteiger partial charge in [0.25, 0.3) is 5.91 Å². The minimum absolute atomic E-state index is 0.00701. The number of nitrogens with two attached hydrogens (primary N) is 2. The van der Waals surface area contributed by atoms with Gasteiger partial charge >= 0.3 is 0 Å². The first kappa shape index (κ1) is 12.4. The quantitative estimate of drug-likeness (QED) is 0.656. The van der Waals surface area contributed by atoms with Crippen LogP contribution in [0.5, 0.6) is 0 Å². The number of benzene rings is 1. The molecular weight excluding hydrogens is 256 g/mol. The first-order valence-corrected chi connectivity index (χ1v) is 6.21. The van der Waals surface area contributed by atoms with Crippen LogP contribution in [0.3, 0.4) is 0 Å². The zero-order chi connectivity index (χ0) is 14.3. The maximum atomic E-state index is 11.4. The van der Waals surface area contributed by atoms with Gasteiger partial charge in [-0.1, -0.05) is 18.2 Å². The van der Waals surface area contributed by atoms with E-state index in [0.29, 0.717) is 12.2 Å². The van der Waals surface area contributed by atoms with Crippen molar-refractivity contribution in [2.45, 2.75) is 6.54 Å². The van der Waals surface area contributed by atoms with Crippen molar-refractivity contribution in [3.05, 3.63) is 35.9 Å². The topological polar surface area (TPSA) is 107 Å². The van der Waals surface area contributed by atoms with E-state index in [1.54, 1.807) is 6.07 Å². The van der Waals surface area contributed by atoms with E-state index in [-0.39, 0.29) is 18.0 Å². The van der Waals surface area contributed by atoms with Gasteiger partial charge in [0.1, 0.15) is 11.5 Å². The standard InChI is InChI=1S/C14H14N4O2/c15-12-10(13(16)20)7-9-8-3-1-2-4-11(8)18(5-6-19)14(9)17-12/h1-4,7,19H,5-6H2,(H2,15,17)(H2,16,20). The van der Waals surface area contributed by atoms with Crippen molar-refractivity contribution in [2.24, 2.45) is 5.73 Å². The highest BCUT2D eigenvalue weighted by atomic mass is 16.3. The summed E-state index contributed by atoms with van der Waals surface area (Å²) < 4.78 is 1.88. The molecule has 0 unspecified atom stereocenters. The van der Waals surface area contributed by atoms with Gasteiger partial charge in [-0.2, -0.15) is 0 Å². The number of nitrogens with zero attached hydrogens (tertiary/aromatic N) is 2. The van der Waals surface area contributed by atoms with E-state index in [1.165, 1.54) is 0 Å². The highest BCUT2D eigenvalue weighted by Gasteiger charge is 2.16. The zero-order valence-corrected chi connectivity index (χ0v) is 10.7. The predicted molar refractivity (Wildman–Crippen MR) is 77.3 cm³/mol. The van der Waals surface area contributed by atoms with Crippen molar-refractivity contribution in [3.63, 3.8) is 0 Å². The Morgan fingerprint density at radius 3 is 2.75 bits per heavy atom. The third-order valence-corrected chi connectivity index (χ3v) is 3.36. The molecule has 0 spiro atoms. The van der Waals surface area contributed by atoms with Crippen LogP contribution in [-0.2, 0) is 6.54 Å². The van der Waals surface area contributed by atoms with E-state index in [2.05, 4.69) is 4.98 Å². The average molecular weight is 270 g/mol. The molecule has 0 aliphatic rings. The molecule has 0 saturated carbocycles. The normalized spacial score (nSPS) is 11.2. The Bertz CT molecular complexity index is 823. The minimum Gasteiger partial charge on any atom is -0.395 e. The van der Waals surface area contributed by atoms with Crippen LogP contribution in [0.2, 0.25) is 0 Å². The molecule has 0 aliphatic carbocycles. The van der Waals surface area contributed by atoms with E-state index >= 15 is 0 Å². The first-order valence-electron chi connectivity index (χ1n) is 6.21. The smallest absolute Gasteiger partial charge is 0.252 e. The highest BCUT2D eigenvalue weighted by Crippen LogP contribution is 2.29. The van der Waals surface area contributed by atoms with Gasteiger partial charge in [-0.25, -0.2) is 4.98 Å². The predicted octanol–water partition coefficient (Wildman–Crippen LogP) is 0.863. The summed E-state index contributed by atoms with van der Waals surface area (Å²) in [6, 6.07) is 9.36. The summed E-state index contributed by atoms with van der Waals surface area (Å²) in [7, 11) is 0. The summed E-state index contributed by atoms with van der Waals surface area (Å²) >= 11 is 0. The summed E-state index contributed by atoms with van der Waals surface area (Å²) in [6.45, 7) is 0.402. The molecule has 2 aromatic heterocycles. The Kier molecular flexibility index (Phi) is 2.80.